The first-order chi connectivity index (χ1) is 8.47. The lowest BCUT2D eigenvalue weighted by molar-refractivity contribution is 0.577. The van der Waals surface area contributed by atoms with Gasteiger partial charge in [-0.3, -0.25) is 0 Å². The van der Waals surface area contributed by atoms with Crippen molar-refractivity contribution in [3.63, 3.8) is 0 Å². The van der Waals surface area contributed by atoms with Crippen molar-refractivity contribution in [2.75, 3.05) is 0 Å². The lowest BCUT2D eigenvalue weighted by Gasteiger charge is -2.11. The molecule has 0 spiro atoms. The van der Waals surface area contributed by atoms with Gasteiger partial charge in [0.25, 0.3) is 0 Å². The van der Waals surface area contributed by atoms with Gasteiger partial charge < -0.3 is 5.73 Å². The van der Waals surface area contributed by atoms with Crippen LogP contribution in [0.5, 0.6) is 0 Å². The maximum Gasteiger partial charge on any atom is 0.126 e. The van der Waals surface area contributed by atoms with Crippen LogP contribution in [0.25, 0.3) is 0 Å². The van der Waals surface area contributed by atoms with Crippen LogP contribution in [0, 0.1) is 18.6 Å². The van der Waals surface area contributed by atoms with E-state index in [9.17, 15) is 8.78 Å². The van der Waals surface area contributed by atoms with Gasteiger partial charge >= 0.3 is 0 Å². The Morgan fingerprint density at radius 1 is 1.28 bits per heavy atom. The maximum atomic E-state index is 13.1. The van der Waals surface area contributed by atoms with Gasteiger partial charge in [-0.15, -0.1) is 11.3 Å². The monoisotopic (exact) mass is 287 g/mol. The number of halogens is 3. The fourth-order valence-corrected chi connectivity index (χ4v) is 3.11. The zero-order valence-corrected chi connectivity index (χ0v) is 11.3. The predicted octanol–water partition coefficient (Wildman–Crippen LogP) is 4.23. The summed E-state index contributed by atoms with van der Waals surface area (Å²) in [6, 6.07) is 3.07. The summed E-state index contributed by atoms with van der Waals surface area (Å²) in [5.41, 5.74) is 7.52. The van der Waals surface area contributed by atoms with Crippen LogP contribution in [0.15, 0.2) is 23.6 Å². The van der Waals surface area contributed by atoms with Crippen molar-refractivity contribution in [1.29, 1.82) is 0 Å². The summed E-state index contributed by atoms with van der Waals surface area (Å²) in [6.45, 7) is 1.90. The third kappa shape index (κ3) is 2.88. The number of hydrogen-bond donors (Lipinski definition) is 1. The van der Waals surface area contributed by atoms with Crippen molar-refractivity contribution < 1.29 is 8.78 Å². The summed E-state index contributed by atoms with van der Waals surface area (Å²) in [4.78, 5) is 0.846. The van der Waals surface area contributed by atoms with E-state index < -0.39 is 11.6 Å². The van der Waals surface area contributed by atoms with Crippen LogP contribution in [-0.4, -0.2) is 0 Å². The molecule has 2 aromatic rings. The molecule has 1 atom stereocenters. The second-order valence-corrected chi connectivity index (χ2v) is 5.47. The molecule has 0 saturated heterocycles. The molecule has 2 N–H and O–H groups in total. The molecule has 0 saturated carbocycles. The zero-order valence-electron chi connectivity index (χ0n) is 9.71. The SMILES string of the molecule is Cc1csc(C(N)Cc2cc(F)cc(F)c2)c1Cl. The minimum Gasteiger partial charge on any atom is -0.323 e. The van der Waals surface area contributed by atoms with Gasteiger partial charge in [-0.1, -0.05) is 11.6 Å². The molecule has 1 heterocycles. The average molecular weight is 288 g/mol. The topological polar surface area (TPSA) is 26.0 Å². The summed E-state index contributed by atoms with van der Waals surface area (Å²) in [6.07, 6.45) is 0.356. The Balaban J connectivity index is 2.21. The van der Waals surface area contributed by atoms with Crippen LogP contribution >= 0.6 is 22.9 Å². The van der Waals surface area contributed by atoms with Gasteiger partial charge in [-0.2, -0.15) is 0 Å². The number of rotatable bonds is 3. The normalized spacial score (nSPS) is 12.7. The van der Waals surface area contributed by atoms with Crippen LogP contribution in [0.3, 0.4) is 0 Å². The molecule has 18 heavy (non-hydrogen) atoms. The van der Waals surface area contributed by atoms with Crippen molar-refractivity contribution in [2.45, 2.75) is 19.4 Å². The van der Waals surface area contributed by atoms with E-state index in [-0.39, 0.29) is 6.04 Å². The fourth-order valence-electron chi connectivity index (χ4n) is 1.78. The van der Waals surface area contributed by atoms with E-state index >= 15 is 0 Å². The van der Waals surface area contributed by atoms with Crippen molar-refractivity contribution >= 4 is 22.9 Å². The molecule has 0 bridgehead atoms. The molecular weight excluding hydrogens is 276 g/mol. The van der Waals surface area contributed by atoms with E-state index in [1.807, 2.05) is 12.3 Å². The van der Waals surface area contributed by atoms with Gasteiger partial charge in [0.05, 0.1) is 5.02 Å². The number of benzene rings is 1. The van der Waals surface area contributed by atoms with Crippen LogP contribution in [0.4, 0.5) is 8.78 Å². The molecular formula is C13H12ClF2NS. The molecule has 0 radical (unpaired) electrons. The first kappa shape index (κ1) is 13.5. The summed E-state index contributed by atoms with van der Waals surface area (Å²) >= 11 is 7.58. The molecule has 5 heteroatoms. The molecule has 0 aliphatic rings. The number of thiophene rings is 1. The van der Waals surface area contributed by atoms with Crippen molar-refractivity contribution in [3.8, 4) is 0 Å². The zero-order chi connectivity index (χ0) is 13.3. The average Bonchev–Trinajstić information content (AvgIpc) is 2.58. The Hall–Kier alpha value is -0.970. The van der Waals surface area contributed by atoms with E-state index in [1.165, 1.54) is 23.5 Å². The second-order valence-electron chi connectivity index (χ2n) is 4.19. The van der Waals surface area contributed by atoms with Gasteiger partial charge in [0.15, 0.2) is 0 Å². The lowest BCUT2D eigenvalue weighted by atomic mass is 10.0. The highest BCUT2D eigenvalue weighted by Gasteiger charge is 2.15. The van der Waals surface area contributed by atoms with Gasteiger partial charge in [-0.05, 0) is 42.0 Å². The maximum absolute atomic E-state index is 13.1. The van der Waals surface area contributed by atoms with Gasteiger partial charge in [0.2, 0.25) is 0 Å². The molecule has 1 unspecified atom stereocenters. The largest absolute Gasteiger partial charge is 0.323 e. The highest BCUT2D eigenvalue weighted by atomic mass is 35.5. The van der Waals surface area contributed by atoms with Crippen molar-refractivity contribution in [2.24, 2.45) is 5.73 Å². The van der Waals surface area contributed by atoms with E-state index in [0.717, 1.165) is 16.5 Å². The standard InChI is InChI=1S/C13H12ClF2NS/c1-7-6-18-13(12(7)14)11(17)4-8-2-9(15)5-10(16)3-8/h2-3,5-6,11H,4,17H2,1H3. The van der Waals surface area contributed by atoms with Crippen LogP contribution < -0.4 is 5.73 Å². The van der Waals surface area contributed by atoms with Crippen LogP contribution in [0.2, 0.25) is 5.02 Å². The second kappa shape index (κ2) is 5.34. The molecule has 2 rings (SSSR count). The third-order valence-corrected chi connectivity index (χ3v) is 4.49. The Morgan fingerprint density at radius 3 is 2.39 bits per heavy atom. The Kier molecular flexibility index (Phi) is 4.00. The molecule has 1 aromatic heterocycles. The predicted molar refractivity (Wildman–Crippen MR) is 71.1 cm³/mol. The Bertz CT molecular complexity index is 548. The lowest BCUT2D eigenvalue weighted by Crippen LogP contribution is -2.12. The van der Waals surface area contributed by atoms with Gasteiger partial charge in [-0.25, -0.2) is 8.78 Å². The number of aryl methyl sites for hydroxylation is 1. The summed E-state index contributed by atoms with van der Waals surface area (Å²) in [5.74, 6) is -1.18. The minimum atomic E-state index is -0.592. The number of hydrogen-bond acceptors (Lipinski definition) is 2. The van der Waals surface area contributed by atoms with E-state index in [2.05, 4.69) is 0 Å². The van der Waals surface area contributed by atoms with Gasteiger partial charge in [0.1, 0.15) is 11.6 Å². The first-order valence-electron chi connectivity index (χ1n) is 5.41. The van der Waals surface area contributed by atoms with Crippen molar-refractivity contribution in [3.05, 3.63) is 56.2 Å². The highest BCUT2D eigenvalue weighted by molar-refractivity contribution is 7.10. The molecule has 1 nitrogen and oxygen atoms in total. The molecule has 96 valence electrons. The van der Waals surface area contributed by atoms with Crippen LogP contribution in [0.1, 0.15) is 22.0 Å². The van der Waals surface area contributed by atoms with E-state index in [0.29, 0.717) is 17.0 Å². The first-order valence-corrected chi connectivity index (χ1v) is 6.67. The van der Waals surface area contributed by atoms with Crippen molar-refractivity contribution in [1.82, 2.24) is 0 Å². The Labute approximate surface area is 113 Å². The minimum absolute atomic E-state index is 0.350. The van der Waals surface area contributed by atoms with E-state index in [1.54, 1.807) is 0 Å². The van der Waals surface area contributed by atoms with Gasteiger partial charge in [0, 0.05) is 17.0 Å². The summed E-state index contributed by atoms with van der Waals surface area (Å²) in [5, 5.41) is 2.56. The molecule has 0 aliphatic carbocycles. The number of nitrogens with two attached hydrogens (primary N) is 1. The quantitative estimate of drug-likeness (QED) is 0.898. The third-order valence-electron chi connectivity index (χ3n) is 2.64. The molecule has 1 aromatic carbocycles. The molecule has 0 amide bonds. The van der Waals surface area contributed by atoms with E-state index in [4.69, 9.17) is 17.3 Å². The molecule has 0 fully saturated rings. The Morgan fingerprint density at radius 2 is 1.89 bits per heavy atom. The smallest absolute Gasteiger partial charge is 0.126 e. The fraction of sp³-hybridized carbons (Fsp3) is 0.231. The van der Waals surface area contributed by atoms with Crippen LogP contribution in [-0.2, 0) is 6.42 Å². The summed E-state index contributed by atoms with van der Waals surface area (Å²) in [7, 11) is 0. The molecule has 0 aliphatic heterocycles. The summed E-state index contributed by atoms with van der Waals surface area (Å²) < 4.78 is 26.1. The highest BCUT2D eigenvalue weighted by Crippen LogP contribution is 2.32.